The number of rotatable bonds is 5. The van der Waals surface area contributed by atoms with Gasteiger partial charge in [0.2, 0.25) is 0 Å². The Labute approximate surface area is 150 Å². The molecule has 0 aliphatic rings. The Kier molecular flexibility index (Phi) is 4.92. The third kappa shape index (κ3) is 3.31. The summed E-state index contributed by atoms with van der Waals surface area (Å²) in [6.07, 6.45) is 0.856. The Balaban J connectivity index is 2.13. The van der Waals surface area contributed by atoms with Gasteiger partial charge in [-0.05, 0) is 41.8 Å². The van der Waals surface area contributed by atoms with Gasteiger partial charge in [0.25, 0.3) is 5.91 Å². The number of aromatic nitrogens is 2. The minimum absolute atomic E-state index is 0.284. The minimum atomic E-state index is -0.430. The highest BCUT2D eigenvalue weighted by Gasteiger charge is 2.18. The van der Waals surface area contributed by atoms with Crippen LogP contribution in [0.3, 0.4) is 0 Å². The number of carbonyl (C=O) groups excluding carboxylic acids is 1. The fourth-order valence-corrected chi connectivity index (χ4v) is 3.07. The zero-order chi connectivity index (χ0) is 18.0. The van der Waals surface area contributed by atoms with E-state index in [1.165, 1.54) is 0 Å². The highest BCUT2D eigenvalue weighted by molar-refractivity contribution is 6.30. The number of nitrogens with zero attached hydrogens (tertiary/aromatic N) is 2. The zero-order valence-electron chi connectivity index (χ0n) is 14.0. The van der Waals surface area contributed by atoms with Gasteiger partial charge in [-0.25, -0.2) is 5.84 Å². The predicted octanol–water partition coefficient (Wildman–Crippen LogP) is 2.91. The number of amides is 1. The number of methoxy groups -OCH3 is 1. The quantitative estimate of drug-likeness (QED) is 0.417. The van der Waals surface area contributed by atoms with Crippen molar-refractivity contribution in [1.82, 2.24) is 15.2 Å². The molecular weight excluding hydrogens is 340 g/mol. The first kappa shape index (κ1) is 17.3. The van der Waals surface area contributed by atoms with Gasteiger partial charge in [0.15, 0.2) is 5.69 Å². The fourth-order valence-electron chi connectivity index (χ4n) is 2.88. The SMILES string of the molecule is CCc1cc(Cl)ccc1Cn1nc(C(=O)NN)c2ccc(OC)cc21. The van der Waals surface area contributed by atoms with Gasteiger partial charge in [-0.2, -0.15) is 5.10 Å². The molecule has 3 rings (SSSR count). The van der Waals surface area contributed by atoms with Crippen LogP contribution in [0, 0.1) is 0 Å². The number of halogens is 1. The van der Waals surface area contributed by atoms with E-state index >= 15 is 0 Å². The van der Waals surface area contributed by atoms with E-state index in [1.54, 1.807) is 17.9 Å². The number of aryl methyl sites for hydroxylation is 1. The van der Waals surface area contributed by atoms with Crippen LogP contribution in [0.4, 0.5) is 0 Å². The highest BCUT2D eigenvalue weighted by Crippen LogP contribution is 2.26. The van der Waals surface area contributed by atoms with Crippen molar-refractivity contribution in [3.05, 3.63) is 58.2 Å². The average Bonchev–Trinajstić information content (AvgIpc) is 3.00. The molecule has 0 saturated carbocycles. The smallest absolute Gasteiger partial charge is 0.286 e. The van der Waals surface area contributed by atoms with Gasteiger partial charge in [0.1, 0.15) is 5.75 Å². The lowest BCUT2D eigenvalue weighted by molar-refractivity contribution is 0.0949. The monoisotopic (exact) mass is 358 g/mol. The molecule has 3 aromatic rings. The van der Waals surface area contributed by atoms with Crippen LogP contribution in [0.15, 0.2) is 36.4 Å². The number of hydrazine groups is 1. The zero-order valence-corrected chi connectivity index (χ0v) is 14.8. The van der Waals surface area contributed by atoms with Crippen LogP contribution in [0.1, 0.15) is 28.5 Å². The molecule has 25 heavy (non-hydrogen) atoms. The summed E-state index contributed by atoms with van der Waals surface area (Å²) in [4.78, 5) is 12.1. The maximum absolute atomic E-state index is 12.1. The van der Waals surface area contributed by atoms with Gasteiger partial charge in [-0.15, -0.1) is 0 Å². The lowest BCUT2D eigenvalue weighted by Crippen LogP contribution is -2.30. The summed E-state index contributed by atoms with van der Waals surface area (Å²) >= 11 is 6.09. The Hall–Kier alpha value is -2.57. The summed E-state index contributed by atoms with van der Waals surface area (Å²) in [5.74, 6) is 5.55. The van der Waals surface area contributed by atoms with E-state index in [9.17, 15) is 4.79 Å². The van der Waals surface area contributed by atoms with Crippen LogP contribution in [0.2, 0.25) is 5.02 Å². The third-order valence-corrected chi connectivity index (χ3v) is 4.41. The summed E-state index contributed by atoms with van der Waals surface area (Å²) in [5, 5.41) is 5.89. The molecule has 6 nitrogen and oxygen atoms in total. The molecule has 1 amide bonds. The van der Waals surface area contributed by atoms with Crippen molar-refractivity contribution in [1.29, 1.82) is 0 Å². The molecule has 0 fully saturated rings. The van der Waals surface area contributed by atoms with E-state index in [4.69, 9.17) is 22.2 Å². The second kappa shape index (κ2) is 7.13. The van der Waals surface area contributed by atoms with Gasteiger partial charge >= 0.3 is 0 Å². The summed E-state index contributed by atoms with van der Waals surface area (Å²) in [6.45, 7) is 2.59. The number of carbonyl (C=O) groups is 1. The number of hydrogen-bond donors (Lipinski definition) is 2. The molecule has 1 heterocycles. The first-order chi connectivity index (χ1) is 12.1. The van der Waals surface area contributed by atoms with Crippen molar-refractivity contribution in [2.24, 2.45) is 5.84 Å². The van der Waals surface area contributed by atoms with Gasteiger partial charge in [0, 0.05) is 16.5 Å². The lowest BCUT2D eigenvalue weighted by atomic mass is 10.1. The Morgan fingerprint density at radius 3 is 2.76 bits per heavy atom. The van der Waals surface area contributed by atoms with E-state index in [-0.39, 0.29) is 5.69 Å². The molecule has 1 aromatic heterocycles. The van der Waals surface area contributed by atoms with Crippen LogP contribution in [0.25, 0.3) is 10.9 Å². The van der Waals surface area contributed by atoms with Crippen LogP contribution < -0.4 is 16.0 Å². The van der Waals surface area contributed by atoms with E-state index < -0.39 is 5.91 Å². The van der Waals surface area contributed by atoms with Crippen LogP contribution >= 0.6 is 11.6 Å². The molecule has 130 valence electrons. The molecule has 0 unspecified atom stereocenters. The Morgan fingerprint density at radius 2 is 2.08 bits per heavy atom. The summed E-state index contributed by atoms with van der Waals surface area (Å²) in [5.41, 5.74) is 5.47. The number of nitrogens with two attached hydrogens (primary N) is 1. The first-order valence-electron chi connectivity index (χ1n) is 7.90. The molecular formula is C18H19ClN4O2. The third-order valence-electron chi connectivity index (χ3n) is 4.17. The number of nitrogen functional groups attached to an aromatic ring is 1. The van der Waals surface area contributed by atoms with Gasteiger partial charge < -0.3 is 4.74 Å². The standard InChI is InChI=1S/C18H19ClN4O2/c1-3-11-8-13(19)5-4-12(11)10-23-16-9-14(25-2)6-7-15(16)17(22-23)18(24)21-20/h4-9H,3,10,20H2,1-2H3,(H,21,24). The topological polar surface area (TPSA) is 82.2 Å². The number of benzene rings is 2. The predicted molar refractivity (Wildman–Crippen MR) is 97.9 cm³/mol. The molecule has 0 radical (unpaired) electrons. The van der Waals surface area contributed by atoms with Crippen molar-refractivity contribution >= 4 is 28.4 Å². The summed E-state index contributed by atoms with van der Waals surface area (Å²) in [7, 11) is 1.60. The van der Waals surface area contributed by atoms with Crippen LogP contribution in [0.5, 0.6) is 5.75 Å². The van der Waals surface area contributed by atoms with Crippen LogP contribution in [-0.2, 0) is 13.0 Å². The first-order valence-corrected chi connectivity index (χ1v) is 8.28. The van der Waals surface area contributed by atoms with Crippen LogP contribution in [-0.4, -0.2) is 22.8 Å². The van der Waals surface area contributed by atoms with Crippen molar-refractivity contribution in [3.8, 4) is 5.75 Å². The molecule has 0 spiro atoms. The Morgan fingerprint density at radius 1 is 1.28 bits per heavy atom. The Bertz CT molecular complexity index is 936. The molecule has 0 bridgehead atoms. The van der Waals surface area contributed by atoms with E-state index in [2.05, 4.69) is 17.4 Å². The molecule has 7 heteroatoms. The van der Waals surface area contributed by atoms with E-state index in [1.807, 2.05) is 30.3 Å². The number of ether oxygens (including phenoxy) is 1. The van der Waals surface area contributed by atoms with E-state index in [0.717, 1.165) is 28.5 Å². The van der Waals surface area contributed by atoms with E-state index in [0.29, 0.717) is 17.3 Å². The molecule has 0 aliphatic heterocycles. The molecule has 0 saturated heterocycles. The van der Waals surface area contributed by atoms with Gasteiger partial charge in [-0.3, -0.25) is 14.9 Å². The van der Waals surface area contributed by atoms with Gasteiger partial charge in [0.05, 0.1) is 19.2 Å². The normalized spacial score (nSPS) is 10.9. The largest absolute Gasteiger partial charge is 0.497 e. The average molecular weight is 359 g/mol. The summed E-state index contributed by atoms with van der Waals surface area (Å²) < 4.78 is 7.08. The van der Waals surface area contributed by atoms with Gasteiger partial charge in [-0.1, -0.05) is 24.6 Å². The molecule has 0 atom stereocenters. The maximum Gasteiger partial charge on any atom is 0.286 e. The van der Waals surface area contributed by atoms with Crippen molar-refractivity contribution in [3.63, 3.8) is 0 Å². The van der Waals surface area contributed by atoms with Crippen molar-refractivity contribution in [2.75, 3.05) is 7.11 Å². The second-order valence-corrected chi connectivity index (χ2v) is 6.07. The van der Waals surface area contributed by atoms with Crippen molar-refractivity contribution in [2.45, 2.75) is 19.9 Å². The number of hydrogen-bond acceptors (Lipinski definition) is 4. The van der Waals surface area contributed by atoms with Crippen molar-refractivity contribution < 1.29 is 9.53 Å². The molecule has 3 N–H and O–H groups in total. The number of fused-ring (bicyclic) bond motifs is 1. The maximum atomic E-state index is 12.1. The second-order valence-electron chi connectivity index (χ2n) is 5.63. The molecule has 2 aromatic carbocycles. The number of nitrogens with one attached hydrogen (secondary N) is 1. The minimum Gasteiger partial charge on any atom is -0.497 e. The molecule has 0 aliphatic carbocycles. The highest BCUT2D eigenvalue weighted by atomic mass is 35.5. The summed E-state index contributed by atoms with van der Waals surface area (Å²) in [6, 6.07) is 11.3. The lowest BCUT2D eigenvalue weighted by Gasteiger charge is -2.10. The fraction of sp³-hybridized carbons (Fsp3) is 0.222.